The number of aromatic nitrogens is 2. The number of nitrogens with zero attached hydrogens (tertiary/aromatic N) is 2. The summed E-state index contributed by atoms with van der Waals surface area (Å²) in [6, 6.07) is 19.9. The summed E-state index contributed by atoms with van der Waals surface area (Å²) >= 11 is 0. The second kappa shape index (κ2) is 8.12. The zero-order valence-corrected chi connectivity index (χ0v) is 17.3. The van der Waals surface area contributed by atoms with Crippen molar-refractivity contribution >= 4 is 32.5 Å². The summed E-state index contributed by atoms with van der Waals surface area (Å²) in [4.78, 5) is 17.0. The second-order valence-corrected chi connectivity index (χ2v) is 9.06. The van der Waals surface area contributed by atoms with Crippen LogP contribution in [0.15, 0.2) is 84.0 Å². The lowest BCUT2D eigenvalue weighted by atomic mass is 10.2. The average molecular weight is 420 g/mol. The minimum Gasteiger partial charge on any atom is -0.337 e. The first kappa shape index (κ1) is 19.8. The van der Waals surface area contributed by atoms with Crippen molar-refractivity contribution in [1.29, 1.82) is 0 Å². The molecule has 0 unspecified atom stereocenters. The Morgan fingerprint density at radius 2 is 1.73 bits per heavy atom. The molecule has 0 saturated carbocycles. The van der Waals surface area contributed by atoms with Gasteiger partial charge in [0.15, 0.2) is 9.84 Å². The topological polar surface area (TPSA) is 81.1 Å². The van der Waals surface area contributed by atoms with Crippen LogP contribution in [0.1, 0.15) is 11.1 Å². The van der Waals surface area contributed by atoms with E-state index in [4.69, 9.17) is 0 Å². The van der Waals surface area contributed by atoms with E-state index in [-0.39, 0.29) is 23.1 Å². The normalized spacial score (nSPS) is 11.5. The highest BCUT2D eigenvalue weighted by molar-refractivity contribution is 7.90. The number of carbonyl (C=O) groups excluding carboxylic acids is 1. The SMILES string of the molecule is Cc1cccnc1NC(=O)Cn1cc(S(=O)(=O)Cc2ccccc2)c2ccccc21. The van der Waals surface area contributed by atoms with Crippen LogP contribution in [0, 0.1) is 6.92 Å². The van der Waals surface area contributed by atoms with Crippen molar-refractivity contribution in [1.82, 2.24) is 9.55 Å². The predicted molar refractivity (Wildman–Crippen MR) is 117 cm³/mol. The van der Waals surface area contributed by atoms with Crippen molar-refractivity contribution in [3.8, 4) is 0 Å². The van der Waals surface area contributed by atoms with Gasteiger partial charge in [-0.25, -0.2) is 13.4 Å². The van der Waals surface area contributed by atoms with Gasteiger partial charge in [0.05, 0.1) is 10.6 Å². The standard InChI is InChI=1S/C23H21N3O3S/c1-17-8-7-13-24-23(17)25-22(27)15-26-14-21(19-11-5-6-12-20(19)26)30(28,29)16-18-9-3-2-4-10-18/h2-14H,15-16H2,1H3,(H,24,25,27). The van der Waals surface area contributed by atoms with Crippen LogP contribution >= 0.6 is 0 Å². The number of hydrogen-bond acceptors (Lipinski definition) is 4. The fourth-order valence-electron chi connectivity index (χ4n) is 3.41. The van der Waals surface area contributed by atoms with Crippen molar-refractivity contribution in [2.45, 2.75) is 24.1 Å². The van der Waals surface area contributed by atoms with E-state index in [0.29, 0.717) is 16.7 Å². The highest BCUT2D eigenvalue weighted by atomic mass is 32.2. The third-order valence-electron chi connectivity index (χ3n) is 4.87. The minimum absolute atomic E-state index is 0.0165. The van der Waals surface area contributed by atoms with E-state index in [2.05, 4.69) is 10.3 Å². The fraction of sp³-hybridized carbons (Fsp3) is 0.130. The zero-order chi connectivity index (χ0) is 21.1. The molecule has 1 amide bonds. The Bertz CT molecular complexity index is 1310. The third-order valence-corrected chi connectivity index (χ3v) is 6.58. The number of pyridine rings is 1. The van der Waals surface area contributed by atoms with E-state index in [0.717, 1.165) is 11.1 Å². The van der Waals surface area contributed by atoms with Gasteiger partial charge in [0.25, 0.3) is 0 Å². The number of anilines is 1. The van der Waals surface area contributed by atoms with Gasteiger partial charge in [0.2, 0.25) is 5.91 Å². The smallest absolute Gasteiger partial charge is 0.245 e. The second-order valence-electron chi connectivity index (χ2n) is 7.10. The summed E-state index contributed by atoms with van der Waals surface area (Å²) in [7, 11) is -3.59. The van der Waals surface area contributed by atoms with Crippen LogP contribution < -0.4 is 5.32 Å². The fourth-order valence-corrected chi connectivity index (χ4v) is 4.99. The molecular weight excluding hydrogens is 398 g/mol. The number of fused-ring (bicyclic) bond motifs is 1. The summed E-state index contributed by atoms with van der Waals surface area (Å²) in [5, 5.41) is 3.40. The van der Waals surface area contributed by atoms with Gasteiger partial charge >= 0.3 is 0 Å². The van der Waals surface area contributed by atoms with Crippen molar-refractivity contribution in [3.05, 3.63) is 90.3 Å². The van der Waals surface area contributed by atoms with E-state index >= 15 is 0 Å². The molecule has 4 aromatic rings. The molecule has 2 aromatic carbocycles. The van der Waals surface area contributed by atoms with Crippen LogP contribution in [0.25, 0.3) is 10.9 Å². The van der Waals surface area contributed by atoms with Gasteiger partial charge in [0, 0.05) is 23.3 Å². The van der Waals surface area contributed by atoms with Gasteiger partial charge in [-0.15, -0.1) is 0 Å². The first-order chi connectivity index (χ1) is 14.4. The Morgan fingerprint density at radius 1 is 1.00 bits per heavy atom. The van der Waals surface area contributed by atoms with Gasteiger partial charge < -0.3 is 9.88 Å². The molecule has 0 bridgehead atoms. The molecule has 4 rings (SSSR count). The highest BCUT2D eigenvalue weighted by Crippen LogP contribution is 2.28. The van der Waals surface area contributed by atoms with Gasteiger partial charge in [-0.2, -0.15) is 0 Å². The molecule has 0 spiro atoms. The number of hydrogen-bond donors (Lipinski definition) is 1. The lowest BCUT2D eigenvalue weighted by Crippen LogP contribution is -2.19. The van der Waals surface area contributed by atoms with Gasteiger partial charge in [0.1, 0.15) is 12.4 Å². The predicted octanol–water partition coefficient (Wildman–Crippen LogP) is 3.96. The number of rotatable bonds is 6. The molecular formula is C23H21N3O3S. The van der Waals surface area contributed by atoms with E-state index in [1.54, 1.807) is 47.3 Å². The van der Waals surface area contributed by atoms with Crippen LogP contribution in [-0.4, -0.2) is 23.9 Å². The molecule has 6 nitrogen and oxygen atoms in total. The lowest BCUT2D eigenvalue weighted by Gasteiger charge is -2.08. The number of benzene rings is 2. The number of aryl methyl sites for hydroxylation is 1. The summed E-state index contributed by atoms with van der Waals surface area (Å²) < 4.78 is 27.9. The zero-order valence-electron chi connectivity index (χ0n) is 16.4. The van der Waals surface area contributed by atoms with E-state index in [1.807, 2.05) is 43.3 Å². The molecule has 0 saturated heterocycles. The Labute approximate surface area is 175 Å². The van der Waals surface area contributed by atoms with Gasteiger partial charge in [-0.1, -0.05) is 54.6 Å². The number of nitrogens with one attached hydrogen (secondary N) is 1. The first-order valence-corrected chi connectivity index (χ1v) is 11.2. The molecule has 1 N–H and O–H groups in total. The maximum Gasteiger partial charge on any atom is 0.245 e. The maximum absolute atomic E-state index is 13.1. The Balaban J connectivity index is 1.65. The molecule has 2 aromatic heterocycles. The van der Waals surface area contributed by atoms with Crippen LogP contribution in [0.2, 0.25) is 0 Å². The molecule has 152 valence electrons. The quantitative estimate of drug-likeness (QED) is 0.513. The summed E-state index contributed by atoms with van der Waals surface area (Å²) in [6.45, 7) is 1.85. The largest absolute Gasteiger partial charge is 0.337 e. The molecule has 0 aliphatic heterocycles. The molecule has 0 radical (unpaired) electrons. The van der Waals surface area contributed by atoms with Crippen molar-refractivity contribution < 1.29 is 13.2 Å². The number of carbonyl (C=O) groups is 1. The number of amides is 1. The Hall–Kier alpha value is -3.45. The number of sulfone groups is 1. The molecule has 0 aliphatic rings. The first-order valence-electron chi connectivity index (χ1n) is 9.50. The van der Waals surface area contributed by atoms with Crippen molar-refractivity contribution in [3.63, 3.8) is 0 Å². The average Bonchev–Trinajstić information content (AvgIpc) is 3.10. The van der Waals surface area contributed by atoms with Crippen LogP contribution in [0.4, 0.5) is 5.82 Å². The molecule has 0 atom stereocenters. The Morgan fingerprint density at radius 3 is 2.50 bits per heavy atom. The minimum atomic E-state index is -3.59. The van der Waals surface area contributed by atoms with Crippen molar-refractivity contribution in [2.24, 2.45) is 0 Å². The molecule has 0 fully saturated rings. The van der Waals surface area contributed by atoms with E-state index in [9.17, 15) is 13.2 Å². The van der Waals surface area contributed by atoms with Crippen molar-refractivity contribution in [2.75, 3.05) is 5.32 Å². The lowest BCUT2D eigenvalue weighted by molar-refractivity contribution is -0.116. The van der Waals surface area contributed by atoms with Crippen LogP contribution in [-0.2, 0) is 26.9 Å². The molecule has 30 heavy (non-hydrogen) atoms. The maximum atomic E-state index is 13.1. The third kappa shape index (κ3) is 4.11. The van der Waals surface area contributed by atoms with Crippen LogP contribution in [0.3, 0.4) is 0 Å². The summed E-state index contributed by atoms with van der Waals surface area (Å²) in [5.41, 5.74) is 2.27. The Kier molecular flexibility index (Phi) is 5.37. The monoisotopic (exact) mass is 419 g/mol. The van der Waals surface area contributed by atoms with Crippen LogP contribution in [0.5, 0.6) is 0 Å². The summed E-state index contributed by atoms with van der Waals surface area (Å²) in [6.07, 6.45) is 3.16. The van der Waals surface area contributed by atoms with E-state index < -0.39 is 9.84 Å². The molecule has 2 heterocycles. The highest BCUT2D eigenvalue weighted by Gasteiger charge is 2.22. The summed E-state index contributed by atoms with van der Waals surface area (Å²) in [5.74, 6) is 0.127. The molecule has 7 heteroatoms. The van der Waals surface area contributed by atoms with Gasteiger partial charge in [-0.05, 0) is 30.2 Å². The van der Waals surface area contributed by atoms with E-state index in [1.165, 1.54) is 0 Å². The van der Waals surface area contributed by atoms with Gasteiger partial charge in [-0.3, -0.25) is 4.79 Å². The number of para-hydroxylation sites is 1. The molecule has 0 aliphatic carbocycles.